The van der Waals surface area contributed by atoms with Crippen molar-refractivity contribution in [3.8, 4) is 0 Å². The van der Waals surface area contributed by atoms with Crippen molar-refractivity contribution < 1.29 is 4.79 Å². The summed E-state index contributed by atoms with van der Waals surface area (Å²) in [5.41, 5.74) is 3.09. The van der Waals surface area contributed by atoms with E-state index < -0.39 is 0 Å². The Balaban J connectivity index is 1.49. The molecule has 23 heavy (non-hydrogen) atoms. The first kappa shape index (κ1) is 14.4. The SMILES string of the molecule is O=C(C=C1CCN2CCCC1C2)Nc1ccc2ncccc2c1. The van der Waals surface area contributed by atoms with Crippen LogP contribution in [-0.4, -0.2) is 35.4 Å². The molecule has 1 N–H and O–H groups in total. The average molecular weight is 307 g/mol. The van der Waals surface area contributed by atoms with E-state index >= 15 is 0 Å². The van der Waals surface area contributed by atoms with Crippen LogP contribution in [-0.2, 0) is 4.79 Å². The summed E-state index contributed by atoms with van der Waals surface area (Å²) in [4.78, 5) is 19.2. The van der Waals surface area contributed by atoms with Gasteiger partial charge in [-0.3, -0.25) is 9.78 Å². The number of piperidine rings is 2. The lowest BCUT2D eigenvalue weighted by Gasteiger charge is -2.39. The van der Waals surface area contributed by atoms with Crippen molar-refractivity contribution in [2.24, 2.45) is 5.92 Å². The zero-order valence-electron chi connectivity index (χ0n) is 13.2. The van der Waals surface area contributed by atoms with Crippen molar-refractivity contribution in [1.82, 2.24) is 9.88 Å². The van der Waals surface area contributed by atoms with Gasteiger partial charge in [-0.15, -0.1) is 0 Å². The molecule has 2 saturated heterocycles. The fourth-order valence-electron chi connectivity index (χ4n) is 3.74. The minimum atomic E-state index is -0.0118. The summed E-state index contributed by atoms with van der Waals surface area (Å²) in [5, 5.41) is 4.04. The van der Waals surface area contributed by atoms with E-state index in [1.54, 1.807) is 6.20 Å². The van der Waals surface area contributed by atoms with E-state index in [0.717, 1.165) is 36.1 Å². The second-order valence-corrected chi connectivity index (χ2v) is 6.51. The van der Waals surface area contributed by atoms with E-state index in [0.29, 0.717) is 5.92 Å². The van der Waals surface area contributed by atoms with Gasteiger partial charge in [0.25, 0.3) is 0 Å². The molecule has 0 saturated carbocycles. The van der Waals surface area contributed by atoms with Crippen LogP contribution in [0.3, 0.4) is 0 Å². The Morgan fingerprint density at radius 3 is 3.22 bits per heavy atom. The lowest BCUT2D eigenvalue weighted by molar-refractivity contribution is -0.112. The molecule has 1 aromatic heterocycles. The molecule has 1 aromatic carbocycles. The summed E-state index contributed by atoms with van der Waals surface area (Å²) < 4.78 is 0. The maximum absolute atomic E-state index is 12.4. The van der Waals surface area contributed by atoms with Gasteiger partial charge < -0.3 is 10.2 Å². The maximum Gasteiger partial charge on any atom is 0.248 e. The van der Waals surface area contributed by atoms with Crippen LogP contribution in [0.2, 0.25) is 0 Å². The highest BCUT2D eigenvalue weighted by atomic mass is 16.1. The van der Waals surface area contributed by atoms with Crippen molar-refractivity contribution in [3.63, 3.8) is 0 Å². The monoisotopic (exact) mass is 307 g/mol. The van der Waals surface area contributed by atoms with Crippen molar-refractivity contribution in [3.05, 3.63) is 48.2 Å². The molecule has 4 heteroatoms. The highest BCUT2D eigenvalue weighted by Crippen LogP contribution is 2.30. The fourth-order valence-corrected chi connectivity index (χ4v) is 3.74. The normalized spacial score (nSPS) is 25.5. The fraction of sp³-hybridized carbons (Fsp3) is 0.368. The Hall–Kier alpha value is -2.20. The van der Waals surface area contributed by atoms with Gasteiger partial charge >= 0.3 is 0 Å². The molecular weight excluding hydrogens is 286 g/mol. The molecule has 2 aromatic rings. The molecule has 4 rings (SSSR count). The molecule has 3 heterocycles. The van der Waals surface area contributed by atoms with Crippen LogP contribution in [0.5, 0.6) is 0 Å². The number of pyridine rings is 1. The predicted octanol–water partition coefficient (Wildman–Crippen LogP) is 3.22. The number of aromatic nitrogens is 1. The predicted molar refractivity (Wildman–Crippen MR) is 92.2 cm³/mol. The molecule has 0 spiro atoms. The van der Waals surface area contributed by atoms with Gasteiger partial charge in [0.15, 0.2) is 0 Å². The van der Waals surface area contributed by atoms with Crippen molar-refractivity contribution in [2.45, 2.75) is 19.3 Å². The van der Waals surface area contributed by atoms with E-state index in [-0.39, 0.29) is 5.91 Å². The quantitative estimate of drug-likeness (QED) is 0.867. The molecule has 0 radical (unpaired) electrons. The minimum Gasteiger partial charge on any atom is -0.322 e. The smallest absolute Gasteiger partial charge is 0.248 e. The summed E-state index contributed by atoms with van der Waals surface area (Å²) in [6.07, 6.45) is 7.11. The van der Waals surface area contributed by atoms with Crippen LogP contribution >= 0.6 is 0 Å². The highest BCUT2D eigenvalue weighted by molar-refractivity contribution is 6.01. The van der Waals surface area contributed by atoms with E-state index in [4.69, 9.17) is 0 Å². The van der Waals surface area contributed by atoms with Gasteiger partial charge in [-0.2, -0.15) is 0 Å². The van der Waals surface area contributed by atoms with Crippen LogP contribution in [0.1, 0.15) is 19.3 Å². The number of nitrogens with zero attached hydrogens (tertiary/aromatic N) is 2. The average Bonchev–Trinajstić information content (AvgIpc) is 2.58. The Bertz CT molecular complexity index is 768. The first-order valence-electron chi connectivity index (χ1n) is 8.36. The Morgan fingerprint density at radius 2 is 2.26 bits per heavy atom. The summed E-state index contributed by atoms with van der Waals surface area (Å²) in [5.74, 6) is 0.561. The molecule has 118 valence electrons. The first-order chi connectivity index (χ1) is 11.3. The van der Waals surface area contributed by atoms with Crippen LogP contribution in [0.25, 0.3) is 10.9 Å². The number of anilines is 1. The molecule has 2 fully saturated rings. The second-order valence-electron chi connectivity index (χ2n) is 6.51. The Kier molecular flexibility index (Phi) is 3.83. The van der Waals surface area contributed by atoms with Gasteiger partial charge in [0.2, 0.25) is 5.91 Å². The van der Waals surface area contributed by atoms with Gasteiger partial charge in [0, 0.05) is 36.4 Å². The van der Waals surface area contributed by atoms with E-state index in [9.17, 15) is 4.79 Å². The van der Waals surface area contributed by atoms with E-state index in [1.165, 1.54) is 25.0 Å². The topological polar surface area (TPSA) is 45.2 Å². The van der Waals surface area contributed by atoms with Crippen LogP contribution in [0.15, 0.2) is 48.2 Å². The highest BCUT2D eigenvalue weighted by Gasteiger charge is 2.27. The standard InChI is InChI=1S/C19H21N3O/c23-19(12-14-7-10-22-9-2-4-16(14)13-22)21-17-5-6-18-15(11-17)3-1-8-20-18/h1,3,5-6,8,11-12,16H,2,4,7,9-10,13H2,(H,21,23). The Labute approximate surface area is 136 Å². The van der Waals surface area contributed by atoms with Crippen molar-refractivity contribution in [2.75, 3.05) is 25.0 Å². The molecule has 2 bridgehead atoms. The molecular formula is C19H21N3O. The van der Waals surface area contributed by atoms with Crippen molar-refractivity contribution in [1.29, 1.82) is 0 Å². The summed E-state index contributed by atoms with van der Waals surface area (Å²) in [7, 11) is 0. The molecule has 2 aliphatic rings. The Morgan fingerprint density at radius 1 is 1.30 bits per heavy atom. The maximum atomic E-state index is 12.4. The molecule has 0 aliphatic carbocycles. The number of fused-ring (bicyclic) bond motifs is 3. The molecule has 2 atom stereocenters. The summed E-state index contributed by atoms with van der Waals surface area (Å²) in [6, 6.07) is 9.75. The number of hydrogen-bond acceptors (Lipinski definition) is 3. The number of hydrogen-bond donors (Lipinski definition) is 1. The number of benzene rings is 1. The van der Waals surface area contributed by atoms with Gasteiger partial charge in [0.1, 0.15) is 0 Å². The second kappa shape index (κ2) is 6.13. The minimum absolute atomic E-state index is 0.0118. The summed E-state index contributed by atoms with van der Waals surface area (Å²) in [6.45, 7) is 3.44. The van der Waals surface area contributed by atoms with Crippen LogP contribution < -0.4 is 5.32 Å². The van der Waals surface area contributed by atoms with Gasteiger partial charge in [0.05, 0.1) is 5.52 Å². The number of amides is 1. The molecule has 1 amide bonds. The molecule has 2 unspecified atom stereocenters. The zero-order chi connectivity index (χ0) is 15.6. The summed E-state index contributed by atoms with van der Waals surface area (Å²) >= 11 is 0. The number of carbonyl (C=O) groups is 1. The lowest BCUT2D eigenvalue weighted by atomic mass is 9.84. The van der Waals surface area contributed by atoms with Crippen LogP contribution in [0, 0.1) is 5.92 Å². The number of nitrogens with one attached hydrogen (secondary N) is 1. The van der Waals surface area contributed by atoms with Gasteiger partial charge in [-0.05, 0) is 56.0 Å². The first-order valence-corrected chi connectivity index (χ1v) is 8.36. The third kappa shape index (κ3) is 3.13. The van der Waals surface area contributed by atoms with Gasteiger partial charge in [-0.1, -0.05) is 11.6 Å². The number of rotatable bonds is 2. The zero-order valence-corrected chi connectivity index (χ0v) is 13.2. The number of carbonyl (C=O) groups excluding carboxylic acids is 1. The lowest BCUT2D eigenvalue weighted by Crippen LogP contribution is -2.41. The van der Waals surface area contributed by atoms with Gasteiger partial charge in [-0.25, -0.2) is 0 Å². The third-order valence-electron chi connectivity index (χ3n) is 4.93. The van der Waals surface area contributed by atoms with E-state index in [2.05, 4.69) is 15.2 Å². The largest absolute Gasteiger partial charge is 0.322 e. The van der Waals surface area contributed by atoms with Crippen LogP contribution in [0.4, 0.5) is 5.69 Å². The third-order valence-corrected chi connectivity index (χ3v) is 4.93. The molecule has 4 nitrogen and oxygen atoms in total. The van der Waals surface area contributed by atoms with Crippen molar-refractivity contribution >= 4 is 22.5 Å². The molecule has 2 aliphatic heterocycles. The van der Waals surface area contributed by atoms with E-state index in [1.807, 2.05) is 36.4 Å².